The fourth-order valence-corrected chi connectivity index (χ4v) is 4.48. The van der Waals surface area contributed by atoms with Crippen molar-refractivity contribution in [3.8, 4) is 6.07 Å². The van der Waals surface area contributed by atoms with Crippen molar-refractivity contribution in [2.75, 3.05) is 0 Å². The molecular formula is C15H15NO2S2. The first kappa shape index (κ1) is 15.0. The molecule has 0 atom stereocenters. The van der Waals surface area contributed by atoms with Crippen LogP contribution in [0.3, 0.4) is 0 Å². The first-order chi connectivity index (χ1) is 9.43. The van der Waals surface area contributed by atoms with Gasteiger partial charge in [-0.15, -0.1) is 0 Å². The molecule has 1 aliphatic heterocycles. The summed E-state index contributed by atoms with van der Waals surface area (Å²) in [4.78, 5) is 14.2. The number of fused-ring (bicyclic) bond motifs is 1. The Morgan fingerprint density at radius 3 is 2.10 bits per heavy atom. The van der Waals surface area contributed by atoms with Gasteiger partial charge >= 0.3 is 5.97 Å². The Morgan fingerprint density at radius 2 is 1.70 bits per heavy atom. The highest BCUT2D eigenvalue weighted by Gasteiger charge is 2.28. The minimum Gasteiger partial charge on any atom is -0.459 e. The number of hydrogen-bond acceptors (Lipinski definition) is 5. The van der Waals surface area contributed by atoms with E-state index in [1.54, 1.807) is 13.8 Å². The van der Waals surface area contributed by atoms with E-state index in [-0.39, 0.29) is 11.7 Å². The highest BCUT2D eigenvalue weighted by molar-refractivity contribution is 8.24. The molecule has 0 aliphatic carbocycles. The van der Waals surface area contributed by atoms with Crippen LogP contribution in [0, 0.1) is 25.2 Å². The number of esters is 1. The number of carbonyl (C=O) groups is 1. The Labute approximate surface area is 127 Å². The van der Waals surface area contributed by atoms with Crippen LogP contribution in [0.15, 0.2) is 31.7 Å². The fourth-order valence-electron chi connectivity index (χ4n) is 1.77. The second-order valence-corrected chi connectivity index (χ2v) is 7.09. The molecule has 3 nitrogen and oxygen atoms in total. The summed E-state index contributed by atoms with van der Waals surface area (Å²) in [5, 5.41) is 9.25. The van der Waals surface area contributed by atoms with Crippen molar-refractivity contribution >= 4 is 29.5 Å². The molecule has 1 aromatic carbocycles. The summed E-state index contributed by atoms with van der Waals surface area (Å²) in [6, 6.07) is 6.10. The number of hydrogen-bond donors (Lipinski definition) is 0. The molecule has 1 heterocycles. The lowest BCUT2D eigenvalue weighted by Gasteiger charge is -2.07. The van der Waals surface area contributed by atoms with Crippen LogP contribution in [0.4, 0.5) is 0 Å². The molecule has 0 bridgehead atoms. The highest BCUT2D eigenvalue weighted by atomic mass is 32.2. The summed E-state index contributed by atoms with van der Waals surface area (Å²) in [5.74, 6) is -0.541. The highest BCUT2D eigenvalue weighted by Crippen LogP contribution is 2.54. The second-order valence-electron chi connectivity index (χ2n) is 4.79. The Morgan fingerprint density at radius 1 is 1.20 bits per heavy atom. The first-order valence-electron chi connectivity index (χ1n) is 6.25. The number of aryl methyl sites for hydroxylation is 2. The van der Waals surface area contributed by atoms with Crippen molar-refractivity contribution in [3.63, 3.8) is 0 Å². The van der Waals surface area contributed by atoms with Crippen molar-refractivity contribution in [2.45, 2.75) is 43.6 Å². The van der Waals surface area contributed by atoms with Crippen LogP contribution in [0.1, 0.15) is 25.0 Å². The largest absolute Gasteiger partial charge is 0.459 e. The summed E-state index contributed by atoms with van der Waals surface area (Å²) in [5.41, 5.74) is 2.42. The van der Waals surface area contributed by atoms with Gasteiger partial charge in [0, 0.05) is 9.79 Å². The lowest BCUT2D eigenvalue weighted by molar-refractivity contribution is -0.142. The maximum atomic E-state index is 12.0. The van der Waals surface area contributed by atoms with Crippen LogP contribution in [-0.4, -0.2) is 12.1 Å². The minimum atomic E-state index is -0.541. The van der Waals surface area contributed by atoms with Crippen LogP contribution < -0.4 is 0 Å². The van der Waals surface area contributed by atoms with Crippen molar-refractivity contribution in [2.24, 2.45) is 0 Å². The van der Waals surface area contributed by atoms with E-state index in [0.29, 0.717) is 4.24 Å². The van der Waals surface area contributed by atoms with E-state index in [1.807, 2.05) is 19.9 Å². The monoisotopic (exact) mass is 305 g/mol. The third-order valence-corrected chi connectivity index (χ3v) is 5.63. The van der Waals surface area contributed by atoms with Crippen LogP contribution in [-0.2, 0) is 9.53 Å². The number of nitrogens with zero attached hydrogens (tertiary/aromatic N) is 1. The van der Waals surface area contributed by atoms with Crippen molar-refractivity contribution in [3.05, 3.63) is 33.1 Å². The Balaban J connectivity index is 2.39. The zero-order valence-electron chi connectivity index (χ0n) is 11.8. The van der Waals surface area contributed by atoms with E-state index in [9.17, 15) is 10.1 Å². The van der Waals surface area contributed by atoms with Gasteiger partial charge in [-0.2, -0.15) is 5.26 Å². The molecule has 2 rings (SSSR count). The van der Waals surface area contributed by atoms with Gasteiger partial charge in [0.15, 0.2) is 5.57 Å². The van der Waals surface area contributed by atoms with Crippen LogP contribution >= 0.6 is 23.5 Å². The molecule has 20 heavy (non-hydrogen) atoms. The van der Waals surface area contributed by atoms with Crippen molar-refractivity contribution < 1.29 is 9.53 Å². The predicted molar refractivity (Wildman–Crippen MR) is 81.5 cm³/mol. The van der Waals surface area contributed by atoms with E-state index in [4.69, 9.17) is 4.74 Å². The molecule has 0 radical (unpaired) electrons. The van der Waals surface area contributed by atoms with E-state index in [0.717, 1.165) is 20.9 Å². The van der Waals surface area contributed by atoms with Gasteiger partial charge in [-0.3, -0.25) is 0 Å². The zero-order chi connectivity index (χ0) is 14.9. The lowest BCUT2D eigenvalue weighted by Crippen LogP contribution is -2.13. The molecule has 0 unspecified atom stereocenters. The van der Waals surface area contributed by atoms with E-state index < -0.39 is 5.97 Å². The van der Waals surface area contributed by atoms with E-state index in [1.165, 1.54) is 23.5 Å². The molecule has 0 fully saturated rings. The lowest BCUT2D eigenvalue weighted by atomic mass is 10.2. The number of rotatable bonds is 2. The summed E-state index contributed by atoms with van der Waals surface area (Å²) >= 11 is 2.97. The predicted octanol–water partition coefficient (Wildman–Crippen LogP) is 4.19. The number of carbonyl (C=O) groups excluding carboxylic acids is 1. The summed E-state index contributed by atoms with van der Waals surface area (Å²) in [6.45, 7) is 7.62. The zero-order valence-corrected chi connectivity index (χ0v) is 13.4. The molecule has 0 amide bonds. The maximum Gasteiger partial charge on any atom is 0.350 e. The van der Waals surface area contributed by atoms with Crippen LogP contribution in [0.2, 0.25) is 0 Å². The van der Waals surface area contributed by atoms with E-state index in [2.05, 4.69) is 12.1 Å². The molecular weight excluding hydrogens is 290 g/mol. The van der Waals surface area contributed by atoms with Crippen molar-refractivity contribution in [1.82, 2.24) is 0 Å². The minimum absolute atomic E-state index is 0.101. The molecule has 1 aliphatic rings. The molecule has 0 saturated carbocycles. The number of ether oxygens (including phenoxy) is 1. The molecule has 104 valence electrons. The average molecular weight is 305 g/mol. The summed E-state index contributed by atoms with van der Waals surface area (Å²) < 4.78 is 5.84. The molecule has 0 spiro atoms. The van der Waals surface area contributed by atoms with Crippen LogP contribution in [0.5, 0.6) is 0 Å². The topological polar surface area (TPSA) is 50.1 Å². The number of nitriles is 1. The van der Waals surface area contributed by atoms with Gasteiger partial charge in [0.1, 0.15) is 6.07 Å². The van der Waals surface area contributed by atoms with Crippen LogP contribution in [0.25, 0.3) is 0 Å². The molecule has 0 saturated heterocycles. The Hall–Kier alpha value is -1.38. The summed E-state index contributed by atoms with van der Waals surface area (Å²) in [7, 11) is 0. The van der Waals surface area contributed by atoms with Gasteiger partial charge in [0.05, 0.1) is 10.3 Å². The van der Waals surface area contributed by atoms with Gasteiger partial charge < -0.3 is 4.74 Å². The third kappa shape index (κ3) is 2.87. The molecule has 5 heteroatoms. The third-order valence-electron chi connectivity index (χ3n) is 2.76. The average Bonchev–Trinajstić information content (AvgIpc) is 2.80. The quantitative estimate of drug-likeness (QED) is 0.466. The molecule has 0 aromatic heterocycles. The molecule has 0 N–H and O–H groups in total. The molecule has 1 aromatic rings. The Bertz CT molecular complexity index is 609. The number of benzene rings is 1. The van der Waals surface area contributed by atoms with Gasteiger partial charge in [0.2, 0.25) is 0 Å². The van der Waals surface area contributed by atoms with Gasteiger partial charge in [-0.05, 0) is 38.8 Å². The standard InChI is InChI=1S/C15H15NO2S2/c1-8(2)18-14(17)11(7-16)15-19-12-9(3)5-6-10(4)13(12)20-15/h5-6,8H,1-4H3. The Kier molecular flexibility index (Phi) is 4.46. The normalized spacial score (nSPS) is 13.1. The number of thioether (sulfide) groups is 2. The fraction of sp³-hybridized carbons (Fsp3) is 0.333. The first-order valence-corrected chi connectivity index (χ1v) is 7.88. The maximum absolute atomic E-state index is 12.0. The van der Waals surface area contributed by atoms with Gasteiger partial charge in [0.25, 0.3) is 0 Å². The van der Waals surface area contributed by atoms with Gasteiger partial charge in [-0.25, -0.2) is 4.79 Å². The smallest absolute Gasteiger partial charge is 0.350 e. The van der Waals surface area contributed by atoms with Crippen molar-refractivity contribution in [1.29, 1.82) is 5.26 Å². The SMILES string of the molecule is Cc1ccc(C)c2c1SC(=C(C#N)C(=O)OC(C)C)S2. The van der Waals surface area contributed by atoms with Gasteiger partial charge in [-0.1, -0.05) is 35.7 Å². The van der Waals surface area contributed by atoms with E-state index >= 15 is 0 Å². The summed E-state index contributed by atoms with van der Waals surface area (Å²) in [6.07, 6.45) is -0.228. The second kappa shape index (κ2) is 5.94.